The standard InChI is InChI=1S/C29H50N2/c1-27-16-6-5-11-23(27)12-13-24-25(27)14-17-28(2)26(24)15-18-29(28,30-19-7-3-8-20-30)31-21-9-4-10-22-31/h23-26H,3-22H2,1-2H3/t23?,24-,25-,26+,27+,28+/m1/s1. The van der Waals surface area contributed by atoms with Crippen LogP contribution < -0.4 is 0 Å². The first kappa shape index (κ1) is 21.5. The van der Waals surface area contributed by atoms with Gasteiger partial charge in [0.05, 0.1) is 5.66 Å². The highest BCUT2D eigenvalue weighted by molar-refractivity contribution is 5.17. The van der Waals surface area contributed by atoms with Crippen LogP contribution in [0.25, 0.3) is 0 Å². The summed E-state index contributed by atoms with van der Waals surface area (Å²) >= 11 is 0. The summed E-state index contributed by atoms with van der Waals surface area (Å²) in [5.41, 5.74) is 1.61. The number of piperidine rings is 2. The Kier molecular flexibility index (Phi) is 5.54. The monoisotopic (exact) mass is 426 g/mol. The Bertz CT molecular complexity index is 629. The van der Waals surface area contributed by atoms with Gasteiger partial charge in [0.15, 0.2) is 0 Å². The van der Waals surface area contributed by atoms with Crippen LogP contribution in [-0.4, -0.2) is 41.6 Å². The van der Waals surface area contributed by atoms with Crippen LogP contribution in [-0.2, 0) is 0 Å². The summed E-state index contributed by atoms with van der Waals surface area (Å²) < 4.78 is 0. The van der Waals surface area contributed by atoms with E-state index >= 15 is 0 Å². The van der Waals surface area contributed by atoms with Crippen molar-refractivity contribution < 1.29 is 0 Å². The second-order valence-electron chi connectivity index (χ2n) is 13.3. The molecule has 2 nitrogen and oxygen atoms in total. The van der Waals surface area contributed by atoms with Gasteiger partial charge in [-0.2, -0.15) is 0 Å². The molecule has 31 heavy (non-hydrogen) atoms. The lowest BCUT2D eigenvalue weighted by atomic mass is 9.44. The predicted octanol–water partition coefficient (Wildman–Crippen LogP) is 7.09. The van der Waals surface area contributed by atoms with Gasteiger partial charge in [0.2, 0.25) is 0 Å². The molecule has 6 rings (SSSR count). The zero-order valence-corrected chi connectivity index (χ0v) is 20.8. The number of rotatable bonds is 2. The lowest BCUT2D eigenvalue weighted by Crippen LogP contribution is -2.70. The molecule has 0 aromatic heterocycles. The van der Waals surface area contributed by atoms with E-state index in [4.69, 9.17) is 0 Å². The van der Waals surface area contributed by atoms with E-state index in [1.54, 1.807) is 32.1 Å². The zero-order chi connectivity index (χ0) is 21.1. The molecule has 2 saturated heterocycles. The molecule has 4 aliphatic carbocycles. The van der Waals surface area contributed by atoms with Crippen LogP contribution >= 0.6 is 0 Å². The third kappa shape index (κ3) is 3.02. The number of nitrogens with zero attached hydrogens (tertiary/aromatic N) is 2. The molecule has 2 heterocycles. The van der Waals surface area contributed by atoms with Crippen LogP contribution in [0.15, 0.2) is 0 Å². The minimum absolute atomic E-state index is 0.397. The van der Waals surface area contributed by atoms with E-state index < -0.39 is 0 Å². The predicted molar refractivity (Wildman–Crippen MR) is 130 cm³/mol. The van der Waals surface area contributed by atoms with Crippen molar-refractivity contribution in [3.63, 3.8) is 0 Å². The van der Waals surface area contributed by atoms with Gasteiger partial charge >= 0.3 is 0 Å². The fraction of sp³-hybridized carbons (Fsp3) is 1.00. The van der Waals surface area contributed by atoms with Crippen LogP contribution in [0.2, 0.25) is 0 Å². The average Bonchev–Trinajstić information content (AvgIpc) is 3.14. The summed E-state index contributed by atoms with van der Waals surface area (Å²) in [6, 6.07) is 0. The van der Waals surface area contributed by atoms with Gasteiger partial charge in [-0.3, -0.25) is 9.80 Å². The van der Waals surface area contributed by atoms with Crippen molar-refractivity contribution in [3.8, 4) is 0 Å². The van der Waals surface area contributed by atoms with Crippen molar-refractivity contribution in [1.82, 2.24) is 9.80 Å². The molecule has 0 bridgehead atoms. The summed E-state index contributed by atoms with van der Waals surface area (Å²) in [5.74, 6) is 4.13. The lowest BCUT2D eigenvalue weighted by molar-refractivity contribution is -0.188. The van der Waals surface area contributed by atoms with Gasteiger partial charge in [0.25, 0.3) is 0 Å². The largest absolute Gasteiger partial charge is 0.285 e. The average molecular weight is 427 g/mol. The minimum atomic E-state index is 0.397. The molecule has 0 N–H and O–H groups in total. The van der Waals surface area contributed by atoms with E-state index in [9.17, 15) is 0 Å². The highest BCUT2D eigenvalue weighted by atomic mass is 15.4. The first-order valence-corrected chi connectivity index (χ1v) is 14.6. The molecule has 0 aromatic rings. The van der Waals surface area contributed by atoms with Crippen LogP contribution in [0.1, 0.15) is 117 Å². The van der Waals surface area contributed by atoms with Crippen LogP contribution in [0.5, 0.6) is 0 Å². The molecule has 4 saturated carbocycles. The van der Waals surface area contributed by atoms with Crippen LogP contribution in [0, 0.1) is 34.5 Å². The molecular weight excluding hydrogens is 376 g/mol. The molecule has 6 fully saturated rings. The summed E-state index contributed by atoms with van der Waals surface area (Å²) in [7, 11) is 0. The van der Waals surface area contributed by atoms with E-state index in [1.807, 2.05) is 0 Å². The Hall–Kier alpha value is -0.0800. The van der Waals surface area contributed by atoms with Gasteiger partial charge in [-0.1, -0.05) is 39.5 Å². The number of hydrogen-bond acceptors (Lipinski definition) is 2. The lowest BCUT2D eigenvalue weighted by Gasteiger charge is -2.65. The fourth-order valence-electron chi connectivity index (χ4n) is 11.1. The quantitative estimate of drug-likeness (QED) is 0.465. The second kappa shape index (κ2) is 8.00. The van der Waals surface area contributed by atoms with E-state index in [-0.39, 0.29) is 0 Å². The van der Waals surface area contributed by atoms with Gasteiger partial charge in [-0.15, -0.1) is 0 Å². The Labute approximate surface area is 192 Å². The third-order valence-electron chi connectivity index (χ3n) is 12.4. The van der Waals surface area contributed by atoms with E-state index in [2.05, 4.69) is 23.6 Å². The van der Waals surface area contributed by atoms with Gasteiger partial charge in [-0.05, 0) is 132 Å². The summed E-state index contributed by atoms with van der Waals surface area (Å²) in [6.45, 7) is 11.1. The second-order valence-corrected chi connectivity index (χ2v) is 13.3. The molecule has 6 atom stereocenters. The minimum Gasteiger partial charge on any atom is -0.285 e. The summed E-state index contributed by atoms with van der Waals surface area (Å²) in [6.07, 6.45) is 24.1. The van der Waals surface area contributed by atoms with E-state index in [1.165, 1.54) is 96.8 Å². The van der Waals surface area contributed by atoms with Gasteiger partial charge < -0.3 is 0 Å². The van der Waals surface area contributed by atoms with Gasteiger partial charge in [-0.25, -0.2) is 0 Å². The van der Waals surface area contributed by atoms with Crippen LogP contribution in [0.3, 0.4) is 0 Å². The normalized spacial score (nSPS) is 48.6. The van der Waals surface area contributed by atoms with Gasteiger partial charge in [0.1, 0.15) is 0 Å². The molecule has 6 aliphatic rings. The molecular formula is C29H50N2. The first-order chi connectivity index (χ1) is 15.1. The van der Waals surface area contributed by atoms with E-state index in [0.29, 0.717) is 16.5 Å². The maximum atomic E-state index is 3.08. The number of hydrogen-bond donors (Lipinski definition) is 0. The summed E-state index contributed by atoms with van der Waals surface area (Å²) in [4.78, 5) is 6.16. The molecule has 0 spiro atoms. The van der Waals surface area contributed by atoms with Gasteiger partial charge in [0, 0.05) is 5.41 Å². The molecule has 2 aliphatic heterocycles. The summed E-state index contributed by atoms with van der Waals surface area (Å²) in [5, 5.41) is 0. The van der Waals surface area contributed by atoms with E-state index in [0.717, 1.165) is 23.7 Å². The number of likely N-dealkylation sites (tertiary alicyclic amines) is 2. The van der Waals surface area contributed by atoms with Crippen molar-refractivity contribution in [2.45, 2.75) is 122 Å². The highest BCUT2D eigenvalue weighted by Gasteiger charge is 2.67. The Balaban J connectivity index is 1.35. The molecule has 1 unspecified atom stereocenters. The maximum absolute atomic E-state index is 3.08. The molecule has 0 amide bonds. The molecule has 176 valence electrons. The Morgan fingerprint density at radius 1 is 0.548 bits per heavy atom. The van der Waals surface area contributed by atoms with Crippen molar-refractivity contribution in [2.75, 3.05) is 26.2 Å². The van der Waals surface area contributed by atoms with Crippen molar-refractivity contribution in [3.05, 3.63) is 0 Å². The Morgan fingerprint density at radius 3 is 1.87 bits per heavy atom. The third-order valence-corrected chi connectivity index (χ3v) is 12.4. The van der Waals surface area contributed by atoms with Crippen LogP contribution in [0.4, 0.5) is 0 Å². The Morgan fingerprint density at radius 2 is 1.19 bits per heavy atom. The van der Waals surface area contributed by atoms with Crippen molar-refractivity contribution in [2.24, 2.45) is 34.5 Å². The van der Waals surface area contributed by atoms with Crippen molar-refractivity contribution in [1.29, 1.82) is 0 Å². The smallest absolute Gasteiger partial charge is 0.0795 e. The maximum Gasteiger partial charge on any atom is 0.0795 e. The highest BCUT2D eigenvalue weighted by Crippen LogP contribution is 2.70. The fourth-order valence-corrected chi connectivity index (χ4v) is 11.1. The molecule has 0 radical (unpaired) electrons. The molecule has 2 heteroatoms. The SMILES string of the molecule is C[C@]12CCCCC1CC[C@@H]1[C@H]2CC[C@@]2(C)[C@H]1CCC2(N1CCCCC1)N1CCCCC1. The zero-order valence-electron chi connectivity index (χ0n) is 20.8. The number of fused-ring (bicyclic) bond motifs is 5. The molecule has 0 aromatic carbocycles. The van der Waals surface area contributed by atoms with Crippen molar-refractivity contribution >= 4 is 0 Å². The first-order valence-electron chi connectivity index (χ1n) is 14.6. The topological polar surface area (TPSA) is 6.48 Å².